The predicted molar refractivity (Wildman–Crippen MR) is 74.9 cm³/mol. The SMILES string of the molecule is CNc1nc(-c2csc(C)n2)nc2ccccc12. The van der Waals surface area contributed by atoms with Gasteiger partial charge in [0, 0.05) is 17.8 Å². The lowest BCUT2D eigenvalue weighted by molar-refractivity contribution is 1.17. The maximum atomic E-state index is 4.56. The molecule has 18 heavy (non-hydrogen) atoms. The molecule has 0 fully saturated rings. The van der Waals surface area contributed by atoms with Crippen LogP contribution in [0, 0.1) is 6.92 Å². The van der Waals surface area contributed by atoms with Gasteiger partial charge < -0.3 is 5.32 Å². The number of fused-ring (bicyclic) bond motifs is 1. The van der Waals surface area contributed by atoms with Gasteiger partial charge in [-0.1, -0.05) is 12.1 Å². The summed E-state index contributed by atoms with van der Waals surface area (Å²) in [5, 5.41) is 7.14. The summed E-state index contributed by atoms with van der Waals surface area (Å²) in [7, 11) is 1.87. The summed E-state index contributed by atoms with van der Waals surface area (Å²) in [6.45, 7) is 1.98. The zero-order valence-electron chi connectivity index (χ0n) is 10.1. The van der Waals surface area contributed by atoms with Crippen LogP contribution in [0.25, 0.3) is 22.4 Å². The van der Waals surface area contributed by atoms with Gasteiger partial charge in [0.05, 0.1) is 10.5 Å². The van der Waals surface area contributed by atoms with Crippen LogP contribution < -0.4 is 5.32 Å². The molecule has 5 heteroatoms. The summed E-state index contributed by atoms with van der Waals surface area (Å²) in [5.74, 6) is 1.50. The maximum Gasteiger partial charge on any atom is 0.181 e. The van der Waals surface area contributed by atoms with Crippen LogP contribution in [0.3, 0.4) is 0 Å². The van der Waals surface area contributed by atoms with E-state index in [1.165, 1.54) is 0 Å². The molecule has 0 saturated carbocycles. The van der Waals surface area contributed by atoms with Crippen LogP contribution in [0.2, 0.25) is 0 Å². The second kappa shape index (κ2) is 4.34. The van der Waals surface area contributed by atoms with Crippen molar-refractivity contribution >= 4 is 28.1 Å². The van der Waals surface area contributed by atoms with Crippen molar-refractivity contribution in [3.8, 4) is 11.5 Å². The van der Waals surface area contributed by atoms with Gasteiger partial charge in [0.25, 0.3) is 0 Å². The molecule has 0 unspecified atom stereocenters. The summed E-state index contributed by atoms with van der Waals surface area (Å²) >= 11 is 1.61. The van der Waals surface area contributed by atoms with Crippen molar-refractivity contribution in [1.82, 2.24) is 15.0 Å². The first kappa shape index (κ1) is 11.1. The van der Waals surface area contributed by atoms with E-state index in [0.717, 1.165) is 27.4 Å². The van der Waals surface area contributed by atoms with Crippen molar-refractivity contribution in [2.45, 2.75) is 6.92 Å². The zero-order chi connectivity index (χ0) is 12.5. The van der Waals surface area contributed by atoms with Gasteiger partial charge in [0.1, 0.15) is 11.5 Å². The van der Waals surface area contributed by atoms with Crippen LogP contribution in [0.4, 0.5) is 5.82 Å². The number of thiazole rings is 1. The van der Waals surface area contributed by atoms with Crippen LogP contribution in [0.15, 0.2) is 29.6 Å². The molecule has 0 atom stereocenters. The van der Waals surface area contributed by atoms with Crippen molar-refractivity contribution in [3.63, 3.8) is 0 Å². The van der Waals surface area contributed by atoms with Crippen molar-refractivity contribution in [2.75, 3.05) is 12.4 Å². The van der Waals surface area contributed by atoms with Gasteiger partial charge in [-0.05, 0) is 19.1 Å². The van der Waals surface area contributed by atoms with Crippen LogP contribution in [-0.2, 0) is 0 Å². The summed E-state index contributed by atoms with van der Waals surface area (Å²) in [5.41, 5.74) is 1.76. The molecule has 0 aliphatic heterocycles. The topological polar surface area (TPSA) is 50.7 Å². The quantitative estimate of drug-likeness (QED) is 0.765. The molecule has 2 heterocycles. The largest absolute Gasteiger partial charge is 0.373 e. The summed E-state index contributed by atoms with van der Waals surface area (Å²) in [6.07, 6.45) is 0. The third kappa shape index (κ3) is 1.82. The Morgan fingerprint density at radius 3 is 2.67 bits per heavy atom. The molecule has 0 saturated heterocycles. The van der Waals surface area contributed by atoms with Crippen molar-refractivity contribution in [2.24, 2.45) is 0 Å². The zero-order valence-corrected chi connectivity index (χ0v) is 11.0. The maximum absolute atomic E-state index is 4.56. The van der Waals surface area contributed by atoms with Gasteiger partial charge in [0.2, 0.25) is 0 Å². The van der Waals surface area contributed by atoms with E-state index in [1.54, 1.807) is 11.3 Å². The molecule has 2 aromatic heterocycles. The summed E-state index contributed by atoms with van der Waals surface area (Å²) in [4.78, 5) is 13.5. The molecule has 1 N–H and O–H groups in total. The molecule has 3 rings (SSSR count). The number of benzene rings is 1. The highest BCUT2D eigenvalue weighted by atomic mass is 32.1. The Labute approximate surface area is 109 Å². The smallest absolute Gasteiger partial charge is 0.181 e. The van der Waals surface area contributed by atoms with Crippen molar-refractivity contribution in [3.05, 3.63) is 34.7 Å². The molecular weight excluding hydrogens is 244 g/mol. The first-order valence-electron chi connectivity index (χ1n) is 5.65. The highest BCUT2D eigenvalue weighted by Gasteiger charge is 2.10. The molecule has 1 aromatic carbocycles. The normalized spacial score (nSPS) is 10.8. The fraction of sp³-hybridized carbons (Fsp3) is 0.154. The van der Waals surface area contributed by atoms with Gasteiger partial charge in [-0.25, -0.2) is 15.0 Å². The lowest BCUT2D eigenvalue weighted by atomic mass is 10.2. The van der Waals surface area contributed by atoms with E-state index in [-0.39, 0.29) is 0 Å². The van der Waals surface area contributed by atoms with Crippen LogP contribution in [-0.4, -0.2) is 22.0 Å². The Balaban J connectivity index is 2.25. The molecule has 90 valence electrons. The van der Waals surface area contributed by atoms with Crippen molar-refractivity contribution < 1.29 is 0 Å². The highest BCUT2D eigenvalue weighted by molar-refractivity contribution is 7.09. The molecule has 0 bridgehead atoms. The van der Waals surface area contributed by atoms with E-state index in [2.05, 4.69) is 20.3 Å². The Morgan fingerprint density at radius 1 is 1.11 bits per heavy atom. The molecule has 3 aromatic rings. The van der Waals surface area contributed by atoms with E-state index in [0.29, 0.717) is 5.82 Å². The molecule has 0 amide bonds. The highest BCUT2D eigenvalue weighted by Crippen LogP contribution is 2.25. The molecule has 0 aliphatic carbocycles. The van der Waals surface area contributed by atoms with Gasteiger partial charge >= 0.3 is 0 Å². The van der Waals surface area contributed by atoms with E-state index < -0.39 is 0 Å². The van der Waals surface area contributed by atoms with E-state index in [1.807, 2.05) is 43.6 Å². The van der Waals surface area contributed by atoms with Gasteiger partial charge in [-0.15, -0.1) is 11.3 Å². The number of aromatic nitrogens is 3. The Hall–Kier alpha value is -2.01. The Morgan fingerprint density at radius 2 is 1.94 bits per heavy atom. The van der Waals surface area contributed by atoms with Crippen molar-refractivity contribution in [1.29, 1.82) is 0 Å². The lowest BCUT2D eigenvalue weighted by Crippen LogP contribution is -1.98. The number of nitrogens with one attached hydrogen (secondary N) is 1. The average molecular weight is 256 g/mol. The number of rotatable bonds is 2. The van der Waals surface area contributed by atoms with Gasteiger partial charge in [-0.3, -0.25) is 0 Å². The lowest BCUT2D eigenvalue weighted by Gasteiger charge is -2.06. The third-order valence-corrected chi connectivity index (χ3v) is 3.46. The third-order valence-electron chi connectivity index (χ3n) is 2.69. The van der Waals surface area contributed by atoms with E-state index >= 15 is 0 Å². The number of para-hydroxylation sites is 1. The fourth-order valence-electron chi connectivity index (χ4n) is 1.85. The Bertz CT molecular complexity index is 705. The van der Waals surface area contributed by atoms with Crippen LogP contribution >= 0.6 is 11.3 Å². The first-order chi connectivity index (χ1) is 8.78. The molecule has 4 nitrogen and oxygen atoms in total. The molecule has 0 aliphatic rings. The monoisotopic (exact) mass is 256 g/mol. The Kier molecular flexibility index (Phi) is 2.68. The molecule has 0 spiro atoms. The summed E-state index contributed by atoms with van der Waals surface area (Å²) < 4.78 is 0. The van der Waals surface area contributed by atoms with Crippen LogP contribution in [0.5, 0.6) is 0 Å². The second-order valence-corrected chi connectivity index (χ2v) is 4.98. The average Bonchev–Trinajstić information content (AvgIpc) is 2.84. The molecular formula is C13H12N4S. The number of aryl methyl sites for hydroxylation is 1. The van der Waals surface area contributed by atoms with E-state index in [9.17, 15) is 0 Å². The number of hydrogen-bond acceptors (Lipinski definition) is 5. The number of nitrogens with zero attached hydrogens (tertiary/aromatic N) is 3. The minimum absolute atomic E-state index is 0.669. The number of hydrogen-bond donors (Lipinski definition) is 1. The fourth-order valence-corrected chi connectivity index (χ4v) is 2.44. The predicted octanol–water partition coefficient (Wildman–Crippen LogP) is 3.10. The minimum atomic E-state index is 0.669. The van der Waals surface area contributed by atoms with Gasteiger partial charge in [0.15, 0.2) is 5.82 Å². The standard InChI is InChI=1S/C13H12N4S/c1-8-15-11(7-18-8)13-16-10-6-4-3-5-9(10)12(14-2)17-13/h3-7H,1-2H3,(H,14,16,17). The first-order valence-corrected chi connectivity index (χ1v) is 6.53. The van der Waals surface area contributed by atoms with E-state index in [4.69, 9.17) is 0 Å². The van der Waals surface area contributed by atoms with Crippen LogP contribution in [0.1, 0.15) is 5.01 Å². The number of anilines is 1. The van der Waals surface area contributed by atoms with Gasteiger partial charge in [-0.2, -0.15) is 0 Å². The second-order valence-electron chi connectivity index (χ2n) is 3.91. The minimum Gasteiger partial charge on any atom is -0.373 e. The summed E-state index contributed by atoms with van der Waals surface area (Å²) in [6, 6.07) is 7.96. The molecule has 0 radical (unpaired) electrons.